The number of benzene rings is 1. The largest absolute Gasteiger partial charge is 0.464 e. The number of hydrogen-bond acceptors (Lipinski definition) is 14. The van der Waals surface area contributed by atoms with Crippen molar-refractivity contribution in [2.24, 2.45) is 10.8 Å². The van der Waals surface area contributed by atoms with Crippen LogP contribution in [0.5, 0.6) is 0 Å². The third-order valence-electron chi connectivity index (χ3n) is 15.9. The molecule has 6 aliphatic heterocycles. The lowest BCUT2D eigenvalue weighted by Gasteiger charge is -2.52. The minimum atomic E-state index is -1.07. The first-order valence-electron chi connectivity index (χ1n) is 24.8. The van der Waals surface area contributed by atoms with Crippen molar-refractivity contribution in [1.82, 2.24) is 35.2 Å². The van der Waals surface area contributed by atoms with Crippen LogP contribution < -0.4 is 10.7 Å². The smallest absolute Gasteiger partial charge is 0.324 e. The highest BCUT2D eigenvalue weighted by molar-refractivity contribution is 7.10. The Morgan fingerprint density at radius 3 is 2.58 bits per heavy atom. The molecule has 11 rings (SSSR count). The quantitative estimate of drug-likeness (QED) is 0.156. The lowest BCUT2D eigenvalue weighted by atomic mass is 9.61. The predicted octanol–water partition coefficient (Wildman–Crippen LogP) is 6.56. The van der Waals surface area contributed by atoms with E-state index in [2.05, 4.69) is 70.6 Å². The molecule has 6 fully saturated rings. The van der Waals surface area contributed by atoms with Crippen molar-refractivity contribution in [3.63, 3.8) is 0 Å². The van der Waals surface area contributed by atoms with Crippen molar-refractivity contribution in [3.8, 4) is 22.5 Å². The number of cyclic esters (lactones) is 1. The van der Waals surface area contributed by atoms with Crippen molar-refractivity contribution in [2.75, 3.05) is 60.3 Å². The van der Waals surface area contributed by atoms with Gasteiger partial charge >= 0.3 is 5.97 Å². The Hall–Kier alpha value is -4.33. The zero-order valence-electron chi connectivity index (χ0n) is 41.4. The summed E-state index contributed by atoms with van der Waals surface area (Å²) >= 11 is 1.48. The zero-order valence-corrected chi connectivity index (χ0v) is 42.2. The number of nitrogens with one attached hydrogen (secondary N) is 2. The number of nitrogens with zero attached hydrogens (tertiary/aromatic N) is 5. The van der Waals surface area contributed by atoms with E-state index in [4.69, 9.17) is 38.4 Å². The van der Waals surface area contributed by atoms with Crippen LogP contribution >= 0.6 is 11.3 Å². The molecular formula is C52H69N7O9S. The van der Waals surface area contributed by atoms with E-state index in [1.165, 1.54) is 16.3 Å². The highest BCUT2D eigenvalue weighted by atomic mass is 32.1. The molecule has 5 saturated heterocycles. The molecule has 0 spiro atoms. The van der Waals surface area contributed by atoms with Crippen LogP contribution in [-0.4, -0.2) is 138 Å². The molecule has 2 amide bonds. The Bertz CT molecular complexity index is 2570. The van der Waals surface area contributed by atoms with E-state index >= 15 is 4.79 Å². The fraction of sp³-hybridized carbons (Fsp3) is 0.635. The van der Waals surface area contributed by atoms with Gasteiger partial charge in [-0.1, -0.05) is 26.8 Å². The van der Waals surface area contributed by atoms with Gasteiger partial charge in [-0.2, -0.15) is 0 Å². The Labute approximate surface area is 409 Å². The van der Waals surface area contributed by atoms with Crippen molar-refractivity contribution < 1.29 is 42.8 Å². The van der Waals surface area contributed by atoms with E-state index in [-0.39, 0.29) is 42.1 Å². The number of pyridine rings is 1. The summed E-state index contributed by atoms with van der Waals surface area (Å²) in [6, 6.07) is 8.10. The van der Waals surface area contributed by atoms with Crippen molar-refractivity contribution >= 4 is 40.0 Å². The molecule has 8 bridgehead atoms. The van der Waals surface area contributed by atoms with Crippen LogP contribution in [0.4, 0.5) is 0 Å². The molecule has 9 heterocycles. The van der Waals surface area contributed by atoms with E-state index in [0.717, 1.165) is 57.5 Å². The van der Waals surface area contributed by atoms with Crippen LogP contribution in [0.3, 0.4) is 0 Å². The van der Waals surface area contributed by atoms with Crippen molar-refractivity contribution in [2.45, 2.75) is 141 Å². The monoisotopic (exact) mass is 967 g/mol. The number of ether oxygens (including phenoxy) is 6. The van der Waals surface area contributed by atoms with Gasteiger partial charge < -0.3 is 38.3 Å². The number of methoxy groups -OCH3 is 2. The number of rotatable bonds is 11. The number of esters is 1. The average molecular weight is 968 g/mol. The van der Waals surface area contributed by atoms with Gasteiger partial charge in [0.05, 0.1) is 60.3 Å². The number of aromatic nitrogens is 3. The Morgan fingerprint density at radius 1 is 1.07 bits per heavy atom. The van der Waals surface area contributed by atoms with Crippen molar-refractivity contribution in [3.05, 3.63) is 58.2 Å². The molecule has 17 heteroatoms. The number of hydrazine groups is 1. The molecule has 5 atom stereocenters. The van der Waals surface area contributed by atoms with Gasteiger partial charge in [0.15, 0.2) is 0 Å². The maximum absolute atomic E-state index is 15.2. The van der Waals surface area contributed by atoms with E-state index < -0.39 is 40.7 Å². The normalized spacial score (nSPS) is 29.8. The maximum atomic E-state index is 15.2. The van der Waals surface area contributed by atoms with Gasteiger partial charge in [0.2, 0.25) is 0 Å². The van der Waals surface area contributed by atoms with Crippen LogP contribution in [-0.2, 0) is 55.8 Å². The van der Waals surface area contributed by atoms with E-state index in [9.17, 15) is 9.59 Å². The number of fused-ring (bicyclic) bond motifs is 7. The molecule has 4 aromatic rings. The molecule has 1 saturated carbocycles. The lowest BCUT2D eigenvalue weighted by molar-refractivity contribution is -0.162. The maximum Gasteiger partial charge on any atom is 0.324 e. The summed E-state index contributed by atoms with van der Waals surface area (Å²) in [6.07, 6.45) is 6.08. The molecule has 0 unspecified atom stereocenters. The molecule has 372 valence electrons. The number of hydrogen-bond donors (Lipinski definition) is 2. The Kier molecular flexibility index (Phi) is 13.1. The van der Waals surface area contributed by atoms with Gasteiger partial charge in [-0.05, 0) is 95.5 Å². The van der Waals surface area contributed by atoms with Gasteiger partial charge in [-0.25, -0.2) is 10.4 Å². The zero-order chi connectivity index (χ0) is 48.5. The van der Waals surface area contributed by atoms with Gasteiger partial charge in [-0.15, -0.1) is 11.3 Å². The summed E-state index contributed by atoms with van der Waals surface area (Å²) in [5.41, 5.74) is 7.76. The molecule has 3 aromatic heterocycles. The standard InChI is InChI=1S/C52H69N7O9S/c1-31(63-7)41-35(11-9-17-53-41)43-37-24-49(3,4)30-67-47(61)38-12-10-18-59(56-38)46(60)42(55-48(62)52-26-50(5,27-52)32(2)68-52)44(57-28-51(6,29-57)64-8)45-54-39(25-69-45)33-13-14-40(36(37)23-33)58(43)19-22-66-34-15-20-65-21-16-34/h9,11,13-14,17,23,25,31-32,34,38,42,44,56H,10,12,15-16,18-22,24,26-30H2,1-8H3,(H,55,62)/t31-,32+,38-,42-,44-,50?,52?/m0/s1. The van der Waals surface area contributed by atoms with Crippen LogP contribution in [0.15, 0.2) is 41.9 Å². The van der Waals surface area contributed by atoms with Crippen LogP contribution in [0.1, 0.15) is 108 Å². The van der Waals surface area contributed by atoms with Gasteiger partial charge in [0, 0.05) is 98.0 Å². The number of carbonyl (C=O) groups excluding carboxylic acids is 3. The Balaban J connectivity index is 1.12. The number of amides is 2. The summed E-state index contributed by atoms with van der Waals surface area (Å²) in [5, 5.41) is 8.55. The highest BCUT2D eigenvalue weighted by Crippen LogP contribution is 2.61. The van der Waals surface area contributed by atoms with Gasteiger partial charge in [-0.3, -0.25) is 29.3 Å². The average Bonchev–Trinajstić information content (AvgIpc) is 4.07. The van der Waals surface area contributed by atoms with E-state index in [1.807, 2.05) is 33.0 Å². The predicted molar refractivity (Wildman–Crippen MR) is 260 cm³/mol. The third-order valence-corrected chi connectivity index (χ3v) is 16.8. The SMILES string of the molecule is CO[C@@H](C)c1ncccc1-c1c2c3cc(ccc3n1CCOC1CCOCC1)-c1csc(n1)[C@@H](N1CC(C)(OC)C1)[C@H](NC(=O)C13CC(C)(C1)[C@@H](C)O3)C(=O)N1CCC[C@H](N1)C(=O)OCC(C)(C)C2. The summed E-state index contributed by atoms with van der Waals surface area (Å²) < 4.78 is 39.0. The minimum Gasteiger partial charge on any atom is -0.464 e. The first kappa shape index (κ1) is 48.3. The minimum absolute atomic E-state index is 0.0866. The number of thiazole rings is 1. The fourth-order valence-electron chi connectivity index (χ4n) is 11.8. The fourth-order valence-corrected chi connectivity index (χ4v) is 12.8. The van der Waals surface area contributed by atoms with E-state index in [1.54, 1.807) is 14.2 Å². The number of carbonyl (C=O) groups is 3. The molecule has 16 nitrogen and oxygen atoms in total. The van der Waals surface area contributed by atoms with Crippen LogP contribution in [0.25, 0.3) is 33.4 Å². The second-order valence-electron chi connectivity index (χ2n) is 21.8. The molecular weight excluding hydrogens is 899 g/mol. The first-order valence-corrected chi connectivity index (χ1v) is 25.7. The third kappa shape index (κ3) is 9.04. The molecule has 1 aromatic carbocycles. The topological polar surface area (TPSA) is 168 Å². The van der Waals surface area contributed by atoms with Crippen LogP contribution in [0, 0.1) is 10.8 Å². The number of likely N-dealkylation sites (tertiary alicyclic amines) is 1. The summed E-state index contributed by atoms with van der Waals surface area (Å²) in [4.78, 5) is 56.5. The van der Waals surface area contributed by atoms with Crippen LogP contribution in [0.2, 0.25) is 0 Å². The van der Waals surface area contributed by atoms with Gasteiger partial charge in [0.1, 0.15) is 22.7 Å². The lowest BCUT2D eigenvalue weighted by Crippen LogP contribution is -2.69. The summed E-state index contributed by atoms with van der Waals surface area (Å²) in [7, 11) is 3.40. The molecule has 1 aliphatic carbocycles. The Morgan fingerprint density at radius 2 is 1.86 bits per heavy atom. The highest BCUT2D eigenvalue weighted by Gasteiger charge is 2.68. The van der Waals surface area contributed by atoms with E-state index in [0.29, 0.717) is 83.1 Å². The molecule has 2 N–H and O–H groups in total. The molecule has 0 radical (unpaired) electrons. The van der Waals surface area contributed by atoms with Crippen molar-refractivity contribution in [1.29, 1.82) is 0 Å². The first-order chi connectivity index (χ1) is 33.0. The van der Waals surface area contributed by atoms with Gasteiger partial charge in [0.25, 0.3) is 11.8 Å². The second kappa shape index (κ2) is 18.7. The summed E-state index contributed by atoms with van der Waals surface area (Å²) in [5.74, 6) is -1.08. The second-order valence-corrected chi connectivity index (χ2v) is 22.6. The molecule has 7 aliphatic rings. The molecule has 69 heavy (non-hydrogen) atoms. The summed E-state index contributed by atoms with van der Waals surface area (Å²) in [6.45, 7) is 16.5.